The third-order valence-electron chi connectivity index (χ3n) is 4.50. The first kappa shape index (κ1) is 21.0. The third-order valence-corrected chi connectivity index (χ3v) is 4.50. The Morgan fingerprint density at radius 1 is 1.37 bits per heavy atom. The van der Waals surface area contributed by atoms with E-state index in [4.69, 9.17) is 15.2 Å². The van der Waals surface area contributed by atoms with Crippen LogP contribution in [0.15, 0.2) is 59.4 Å². The zero-order valence-electron chi connectivity index (χ0n) is 16.0. The first-order valence-corrected chi connectivity index (χ1v) is 8.85. The first-order chi connectivity index (χ1) is 14.2. The summed E-state index contributed by atoms with van der Waals surface area (Å²) in [6, 6.07) is 8.18. The molecule has 0 aliphatic carbocycles. The molecule has 0 radical (unpaired) electrons. The monoisotopic (exact) mass is 418 g/mol. The minimum Gasteiger partial charge on any atom is -0.463 e. The number of esters is 1. The molecule has 10 heteroatoms. The molecule has 156 valence electrons. The van der Waals surface area contributed by atoms with Gasteiger partial charge in [-0.2, -0.15) is 23.5 Å². The highest BCUT2D eigenvalue weighted by atomic mass is 19.4. The molecular formula is C20H17F3N4O3. The fraction of sp³-hybridized carbons (Fsp3) is 0.250. The zero-order chi connectivity index (χ0) is 22.1. The number of aromatic nitrogens is 2. The van der Waals surface area contributed by atoms with E-state index in [1.54, 1.807) is 19.1 Å². The predicted molar refractivity (Wildman–Crippen MR) is 98.6 cm³/mol. The van der Waals surface area contributed by atoms with E-state index >= 15 is 0 Å². The smallest absolute Gasteiger partial charge is 0.419 e. The standard InChI is InChI=1S/C20H17F3N4O3/c1-3-29-19(28)16-11(2)30-18(25)15(8-24)17(16)12-4-6-14(7-5-12)27-10-13(9-26-27)20(21,22)23/h4-7,9-10,17H,3,25H2,1-2H3. The van der Waals surface area contributed by atoms with Crippen molar-refractivity contribution in [3.8, 4) is 11.8 Å². The number of hydrogen-bond donors (Lipinski definition) is 1. The van der Waals surface area contributed by atoms with Crippen LogP contribution in [0.3, 0.4) is 0 Å². The van der Waals surface area contributed by atoms with Gasteiger partial charge in [0.2, 0.25) is 5.88 Å². The number of alkyl halides is 3. The molecule has 0 fully saturated rings. The number of nitriles is 1. The van der Waals surface area contributed by atoms with Gasteiger partial charge in [-0.15, -0.1) is 0 Å². The number of carbonyl (C=O) groups is 1. The van der Waals surface area contributed by atoms with Crippen molar-refractivity contribution in [1.29, 1.82) is 5.26 Å². The number of hydrogen-bond acceptors (Lipinski definition) is 6. The third kappa shape index (κ3) is 3.87. The van der Waals surface area contributed by atoms with E-state index in [0.717, 1.165) is 17.1 Å². The summed E-state index contributed by atoms with van der Waals surface area (Å²) in [5.41, 5.74) is 6.02. The van der Waals surface area contributed by atoms with E-state index in [0.29, 0.717) is 11.3 Å². The van der Waals surface area contributed by atoms with Gasteiger partial charge in [-0.1, -0.05) is 12.1 Å². The number of allylic oxidation sites excluding steroid dienone is 2. The summed E-state index contributed by atoms with van der Waals surface area (Å²) < 4.78 is 49.9. The Bertz CT molecular complexity index is 1080. The lowest BCUT2D eigenvalue weighted by atomic mass is 9.83. The van der Waals surface area contributed by atoms with Gasteiger partial charge < -0.3 is 15.2 Å². The summed E-state index contributed by atoms with van der Waals surface area (Å²) >= 11 is 0. The van der Waals surface area contributed by atoms with Crippen molar-refractivity contribution in [3.63, 3.8) is 0 Å². The molecule has 30 heavy (non-hydrogen) atoms. The summed E-state index contributed by atoms with van der Waals surface area (Å²) in [5, 5.41) is 13.3. The Labute approximate surface area is 169 Å². The van der Waals surface area contributed by atoms with Crippen molar-refractivity contribution in [2.24, 2.45) is 5.73 Å². The molecule has 3 rings (SSSR count). The molecule has 0 saturated heterocycles. The van der Waals surface area contributed by atoms with Gasteiger partial charge in [0.15, 0.2) is 0 Å². The van der Waals surface area contributed by atoms with E-state index in [1.807, 2.05) is 6.07 Å². The van der Waals surface area contributed by atoms with E-state index in [1.165, 1.54) is 19.1 Å². The summed E-state index contributed by atoms with van der Waals surface area (Å²) in [4.78, 5) is 12.5. The molecule has 2 N–H and O–H groups in total. The van der Waals surface area contributed by atoms with E-state index in [2.05, 4.69) is 5.10 Å². The topological polar surface area (TPSA) is 103 Å². The highest BCUT2D eigenvalue weighted by molar-refractivity contribution is 5.92. The van der Waals surface area contributed by atoms with Crippen molar-refractivity contribution in [3.05, 3.63) is 70.6 Å². The lowest BCUT2D eigenvalue weighted by Gasteiger charge is -2.26. The van der Waals surface area contributed by atoms with Crippen molar-refractivity contribution in [2.45, 2.75) is 25.9 Å². The molecular weight excluding hydrogens is 401 g/mol. The highest BCUT2D eigenvalue weighted by Gasteiger charge is 2.36. The van der Waals surface area contributed by atoms with Crippen molar-refractivity contribution < 1.29 is 27.4 Å². The molecule has 1 unspecified atom stereocenters. The zero-order valence-corrected chi connectivity index (χ0v) is 16.0. The second kappa shape index (κ2) is 7.94. The van der Waals surface area contributed by atoms with Crippen molar-refractivity contribution >= 4 is 5.97 Å². The van der Waals surface area contributed by atoms with Crippen molar-refractivity contribution in [1.82, 2.24) is 9.78 Å². The molecule has 1 atom stereocenters. The largest absolute Gasteiger partial charge is 0.463 e. The second-order valence-electron chi connectivity index (χ2n) is 6.38. The van der Waals surface area contributed by atoms with Crippen LogP contribution in [0.5, 0.6) is 0 Å². The van der Waals surface area contributed by atoms with Crippen LogP contribution < -0.4 is 5.73 Å². The lowest BCUT2D eigenvalue weighted by molar-refractivity contribution is -0.139. The Morgan fingerprint density at radius 2 is 2.03 bits per heavy atom. The summed E-state index contributed by atoms with van der Waals surface area (Å²) in [6.45, 7) is 3.32. The van der Waals surface area contributed by atoms with Crippen LogP contribution in [-0.4, -0.2) is 22.4 Å². The van der Waals surface area contributed by atoms with E-state index < -0.39 is 23.6 Å². The highest BCUT2D eigenvalue weighted by Crippen LogP contribution is 2.39. The minimum atomic E-state index is -4.50. The number of halogens is 3. The molecule has 1 aromatic carbocycles. The molecule has 7 nitrogen and oxygen atoms in total. The predicted octanol–water partition coefficient (Wildman–Crippen LogP) is 3.54. The van der Waals surface area contributed by atoms with Gasteiger partial charge in [0.25, 0.3) is 0 Å². The first-order valence-electron chi connectivity index (χ1n) is 8.85. The molecule has 0 spiro atoms. The molecule has 2 aromatic rings. The van der Waals surface area contributed by atoms with Gasteiger partial charge >= 0.3 is 12.1 Å². The number of nitrogens with two attached hydrogens (primary N) is 1. The van der Waals surface area contributed by atoms with Crippen LogP contribution in [0, 0.1) is 11.3 Å². The molecule has 0 saturated carbocycles. The number of nitrogens with zero attached hydrogens (tertiary/aromatic N) is 3. The Morgan fingerprint density at radius 3 is 2.57 bits per heavy atom. The van der Waals surface area contributed by atoms with Crippen LogP contribution in [0.4, 0.5) is 13.2 Å². The molecule has 1 aromatic heterocycles. The van der Waals surface area contributed by atoms with E-state index in [-0.39, 0.29) is 29.4 Å². The summed E-state index contributed by atoms with van der Waals surface area (Å²) in [6.07, 6.45) is -2.90. The Balaban J connectivity index is 2.01. The van der Waals surface area contributed by atoms with Gasteiger partial charge in [0, 0.05) is 6.20 Å². The molecule has 0 bridgehead atoms. The SMILES string of the molecule is CCOC(=O)C1=C(C)OC(N)=C(C#N)C1c1ccc(-n2cc(C(F)(F)F)cn2)cc1. The van der Waals surface area contributed by atoms with Gasteiger partial charge in [0.1, 0.15) is 17.4 Å². The Hall–Kier alpha value is -3.74. The lowest BCUT2D eigenvalue weighted by Crippen LogP contribution is -2.25. The van der Waals surface area contributed by atoms with Gasteiger partial charge in [-0.25, -0.2) is 9.48 Å². The summed E-state index contributed by atoms with van der Waals surface area (Å²) in [7, 11) is 0. The maximum Gasteiger partial charge on any atom is 0.419 e. The maximum absolute atomic E-state index is 12.8. The number of ether oxygens (including phenoxy) is 2. The van der Waals surface area contributed by atoms with Gasteiger partial charge in [-0.3, -0.25) is 0 Å². The average molecular weight is 418 g/mol. The number of benzene rings is 1. The molecule has 0 amide bonds. The minimum absolute atomic E-state index is 0.0369. The van der Waals surface area contributed by atoms with Crippen LogP contribution in [0.1, 0.15) is 30.9 Å². The Kier molecular flexibility index (Phi) is 5.56. The van der Waals surface area contributed by atoms with Crippen LogP contribution in [0.2, 0.25) is 0 Å². The molecule has 1 aliphatic rings. The average Bonchev–Trinajstić information content (AvgIpc) is 3.18. The van der Waals surface area contributed by atoms with Crippen LogP contribution >= 0.6 is 0 Å². The fourth-order valence-corrected chi connectivity index (χ4v) is 3.12. The quantitative estimate of drug-likeness (QED) is 0.762. The number of rotatable bonds is 4. The van der Waals surface area contributed by atoms with E-state index in [9.17, 15) is 23.2 Å². The van der Waals surface area contributed by atoms with Crippen LogP contribution in [0.25, 0.3) is 5.69 Å². The normalized spacial score (nSPS) is 16.9. The molecule has 2 heterocycles. The summed E-state index contributed by atoms with van der Waals surface area (Å²) in [5.74, 6) is -1.40. The molecule has 1 aliphatic heterocycles. The maximum atomic E-state index is 12.8. The number of carbonyl (C=O) groups excluding carboxylic acids is 1. The van der Waals surface area contributed by atoms with Gasteiger partial charge in [-0.05, 0) is 31.5 Å². The second-order valence-corrected chi connectivity index (χ2v) is 6.38. The van der Waals surface area contributed by atoms with Gasteiger partial charge in [0.05, 0.1) is 35.5 Å². The fourth-order valence-electron chi connectivity index (χ4n) is 3.12. The van der Waals surface area contributed by atoms with Crippen LogP contribution in [-0.2, 0) is 20.4 Å². The van der Waals surface area contributed by atoms with Crippen molar-refractivity contribution in [2.75, 3.05) is 6.61 Å².